The van der Waals surface area contributed by atoms with Gasteiger partial charge in [0.15, 0.2) is 0 Å². The van der Waals surface area contributed by atoms with Crippen molar-refractivity contribution in [3.8, 4) is 0 Å². The monoisotopic (exact) mass is 305 g/mol. The highest BCUT2D eigenvalue weighted by Gasteiger charge is 2.28. The van der Waals surface area contributed by atoms with Crippen LogP contribution in [0, 0.1) is 20.4 Å². The smallest absolute Gasteiger partial charge is 0.338 e. The molecule has 104 valence electrons. The summed E-state index contributed by atoms with van der Waals surface area (Å²) in [5.41, 5.74) is 2.42. The van der Waals surface area contributed by atoms with E-state index in [0.717, 1.165) is 14.0 Å². The number of hydrogen-bond donors (Lipinski definition) is 0. The Labute approximate surface area is 127 Å². The Bertz CT molecular complexity index is 609. The number of carbonyl (C=O) groups excluding carboxylic acids is 1. The molecule has 1 aromatic rings. The number of aryl methyl sites for hydroxylation is 2. The van der Waals surface area contributed by atoms with Gasteiger partial charge < -0.3 is 4.74 Å². The standard InChI is InChI=1S/C15H15NO2S2/c1-8(2)18-14(17)11(16-5)15-19-12-9(3)6-7-10(4)13(12)20-15/h6-8H,1-4H3. The molecule has 2 rings (SSSR count). The summed E-state index contributed by atoms with van der Waals surface area (Å²) < 4.78 is 5.86. The molecule has 0 fully saturated rings. The number of esters is 1. The molecular formula is C15H15NO2S2. The second-order valence-electron chi connectivity index (χ2n) is 4.76. The van der Waals surface area contributed by atoms with Gasteiger partial charge in [0.2, 0.25) is 0 Å². The van der Waals surface area contributed by atoms with E-state index in [1.807, 2.05) is 13.8 Å². The summed E-state index contributed by atoms with van der Waals surface area (Å²) in [6.07, 6.45) is -0.220. The molecule has 0 saturated heterocycles. The van der Waals surface area contributed by atoms with Gasteiger partial charge in [0.05, 0.1) is 16.9 Å². The molecule has 0 unspecified atom stereocenters. The molecule has 0 aromatic heterocycles. The molecule has 0 saturated carbocycles. The van der Waals surface area contributed by atoms with Crippen molar-refractivity contribution in [1.82, 2.24) is 0 Å². The number of ether oxygens (including phenoxy) is 1. The van der Waals surface area contributed by atoms with Crippen molar-refractivity contribution in [2.45, 2.75) is 43.6 Å². The first kappa shape index (κ1) is 15.0. The molecule has 1 aliphatic rings. The Hall–Kier alpha value is -1.38. The van der Waals surface area contributed by atoms with E-state index >= 15 is 0 Å². The largest absolute Gasteiger partial charge is 0.468 e. The van der Waals surface area contributed by atoms with Crippen molar-refractivity contribution in [2.24, 2.45) is 0 Å². The first-order valence-corrected chi connectivity index (χ1v) is 7.86. The van der Waals surface area contributed by atoms with Crippen LogP contribution in [0.5, 0.6) is 0 Å². The van der Waals surface area contributed by atoms with Crippen LogP contribution >= 0.6 is 23.5 Å². The van der Waals surface area contributed by atoms with Crippen molar-refractivity contribution in [3.63, 3.8) is 0 Å². The van der Waals surface area contributed by atoms with Crippen molar-refractivity contribution >= 4 is 29.5 Å². The van der Waals surface area contributed by atoms with Crippen LogP contribution in [0.4, 0.5) is 0 Å². The molecule has 5 heteroatoms. The van der Waals surface area contributed by atoms with Gasteiger partial charge >= 0.3 is 5.97 Å². The van der Waals surface area contributed by atoms with Gasteiger partial charge in [-0.15, -0.1) is 0 Å². The molecule has 3 nitrogen and oxygen atoms in total. The Morgan fingerprint density at radius 3 is 2.10 bits per heavy atom. The van der Waals surface area contributed by atoms with E-state index in [2.05, 4.69) is 17.0 Å². The maximum atomic E-state index is 12.0. The molecule has 1 aliphatic heterocycles. The summed E-state index contributed by atoms with van der Waals surface area (Å²) in [7, 11) is 0. The number of rotatable bonds is 2. The highest BCUT2D eigenvalue weighted by molar-refractivity contribution is 8.24. The minimum absolute atomic E-state index is 0.0868. The van der Waals surface area contributed by atoms with E-state index in [9.17, 15) is 4.79 Å². The molecule has 1 heterocycles. The molecule has 0 N–H and O–H groups in total. The van der Waals surface area contributed by atoms with Crippen LogP contribution in [0.2, 0.25) is 0 Å². The van der Waals surface area contributed by atoms with Gasteiger partial charge in [-0.3, -0.25) is 4.79 Å². The van der Waals surface area contributed by atoms with E-state index in [4.69, 9.17) is 11.3 Å². The van der Waals surface area contributed by atoms with Gasteiger partial charge in [-0.1, -0.05) is 35.7 Å². The SMILES string of the molecule is [C-]#[N+]C(C(=O)OC(C)C)=C1Sc2c(C)ccc(C)c2S1. The minimum Gasteiger partial charge on any atom is -0.468 e. The van der Waals surface area contributed by atoms with Crippen LogP contribution in [0.25, 0.3) is 4.85 Å². The third-order valence-electron chi connectivity index (χ3n) is 2.74. The van der Waals surface area contributed by atoms with Crippen molar-refractivity contribution in [2.75, 3.05) is 0 Å². The highest BCUT2D eigenvalue weighted by Crippen LogP contribution is 2.54. The third-order valence-corrected chi connectivity index (χ3v) is 5.58. The molecule has 0 radical (unpaired) electrons. The Kier molecular flexibility index (Phi) is 4.46. The highest BCUT2D eigenvalue weighted by atomic mass is 32.2. The van der Waals surface area contributed by atoms with Crippen LogP contribution in [0.15, 0.2) is 31.9 Å². The third kappa shape index (κ3) is 2.87. The van der Waals surface area contributed by atoms with E-state index in [1.54, 1.807) is 13.8 Å². The molecular weight excluding hydrogens is 290 g/mol. The number of nitrogens with zero attached hydrogens (tertiary/aromatic N) is 1. The fourth-order valence-electron chi connectivity index (χ4n) is 1.76. The van der Waals surface area contributed by atoms with Crippen molar-refractivity contribution < 1.29 is 9.53 Å². The lowest BCUT2D eigenvalue weighted by Gasteiger charge is -2.07. The lowest BCUT2D eigenvalue weighted by molar-refractivity contribution is -0.142. The summed E-state index contributed by atoms with van der Waals surface area (Å²) >= 11 is 2.99. The van der Waals surface area contributed by atoms with Gasteiger partial charge in [0.1, 0.15) is 0 Å². The van der Waals surface area contributed by atoms with Gasteiger partial charge in [-0.05, 0) is 38.8 Å². The molecule has 0 aliphatic carbocycles. The minimum atomic E-state index is -0.534. The van der Waals surface area contributed by atoms with Gasteiger partial charge in [-0.2, -0.15) is 0 Å². The summed E-state index contributed by atoms with van der Waals surface area (Å²) in [5, 5.41) is 0. The fraction of sp³-hybridized carbons (Fsp3) is 0.333. The lowest BCUT2D eigenvalue weighted by atomic mass is 10.2. The Balaban J connectivity index is 2.39. The molecule has 0 bridgehead atoms. The summed E-state index contributed by atoms with van der Waals surface area (Å²) in [6.45, 7) is 14.9. The maximum absolute atomic E-state index is 12.0. The van der Waals surface area contributed by atoms with E-state index < -0.39 is 5.97 Å². The van der Waals surface area contributed by atoms with Crippen molar-refractivity contribution in [1.29, 1.82) is 0 Å². The zero-order valence-electron chi connectivity index (χ0n) is 11.8. The number of carbonyl (C=O) groups is 1. The first-order valence-electron chi connectivity index (χ1n) is 6.22. The van der Waals surface area contributed by atoms with Gasteiger partial charge in [0.25, 0.3) is 5.70 Å². The normalized spacial score (nSPS) is 13.1. The summed E-state index contributed by atoms with van der Waals surface area (Å²) in [4.78, 5) is 17.6. The summed E-state index contributed by atoms with van der Waals surface area (Å²) in [6, 6.07) is 4.13. The Morgan fingerprint density at radius 2 is 1.70 bits per heavy atom. The number of benzene rings is 1. The van der Waals surface area contributed by atoms with Gasteiger partial charge in [0, 0.05) is 9.79 Å². The molecule has 20 heavy (non-hydrogen) atoms. The van der Waals surface area contributed by atoms with Crippen LogP contribution in [-0.2, 0) is 9.53 Å². The molecule has 1 aromatic carbocycles. The second kappa shape index (κ2) is 5.94. The average molecular weight is 305 g/mol. The molecule has 0 amide bonds. The van der Waals surface area contributed by atoms with Crippen molar-refractivity contribution in [3.05, 3.63) is 44.6 Å². The van der Waals surface area contributed by atoms with Crippen LogP contribution in [0.1, 0.15) is 25.0 Å². The number of fused-ring (bicyclic) bond motifs is 1. The Morgan fingerprint density at radius 1 is 1.20 bits per heavy atom. The lowest BCUT2D eigenvalue weighted by Crippen LogP contribution is -2.12. The van der Waals surface area contributed by atoms with Crippen LogP contribution in [-0.4, -0.2) is 12.1 Å². The molecule has 0 atom stereocenters. The summed E-state index contributed by atoms with van der Waals surface area (Å²) in [5.74, 6) is -0.534. The first-order chi connectivity index (χ1) is 9.43. The topological polar surface area (TPSA) is 30.7 Å². The number of thioether (sulfide) groups is 2. The average Bonchev–Trinajstić information content (AvgIpc) is 2.80. The quantitative estimate of drug-likeness (QED) is 0.456. The van der Waals surface area contributed by atoms with E-state index in [1.165, 1.54) is 34.7 Å². The second-order valence-corrected chi connectivity index (χ2v) is 7.06. The zero-order valence-corrected chi connectivity index (χ0v) is 13.4. The number of hydrogen-bond acceptors (Lipinski definition) is 4. The van der Waals surface area contributed by atoms with Crippen LogP contribution < -0.4 is 0 Å². The van der Waals surface area contributed by atoms with E-state index in [-0.39, 0.29) is 11.8 Å². The molecule has 0 spiro atoms. The van der Waals surface area contributed by atoms with E-state index in [0.29, 0.717) is 0 Å². The van der Waals surface area contributed by atoms with Crippen LogP contribution in [0.3, 0.4) is 0 Å². The van der Waals surface area contributed by atoms with Gasteiger partial charge in [-0.25, -0.2) is 4.85 Å². The predicted molar refractivity (Wildman–Crippen MR) is 82.5 cm³/mol. The zero-order chi connectivity index (χ0) is 14.9. The predicted octanol–water partition coefficient (Wildman–Crippen LogP) is 4.54. The fourth-order valence-corrected chi connectivity index (χ4v) is 4.46. The maximum Gasteiger partial charge on any atom is 0.338 e.